The predicted molar refractivity (Wildman–Crippen MR) is 75.3 cm³/mol. The molecule has 18 heavy (non-hydrogen) atoms. The standard InChI is InChI=1S/C15H20ClNO/c1-11(2)12-3-5-13(6-4-12)15(18)17-9-7-14(16)8-10-17/h3-6,11,14H,7-10H2,1-2H3. The lowest BCUT2D eigenvalue weighted by atomic mass is 10.0. The molecule has 0 bridgehead atoms. The van der Waals surface area contributed by atoms with Gasteiger partial charge in [-0.15, -0.1) is 11.6 Å². The van der Waals surface area contributed by atoms with Crippen LogP contribution in [0.1, 0.15) is 48.5 Å². The number of halogens is 1. The van der Waals surface area contributed by atoms with E-state index in [1.807, 2.05) is 29.2 Å². The minimum Gasteiger partial charge on any atom is -0.339 e. The van der Waals surface area contributed by atoms with E-state index in [2.05, 4.69) is 13.8 Å². The third-order valence-corrected chi connectivity index (χ3v) is 3.97. The fourth-order valence-electron chi connectivity index (χ4n) is 2.24. The Kier molecular flexibility index (Phi) is 4.28. The summed E-state index contributed by atoms with van der Waals surface area (Å²) in [4.78, 5) is 14.2. The highest BCUT2D eigenvalue weighted by Crippen LogP contribution is 2.19. The average molecular weight is 266 g/mol. The molecule has 1 fully saturated rings. The van der Waals surface area contributed by atoms with Gasteiger partial charge in [-0.25, -0.2) is 0 Å². The van der Waals surface area contributed by atoms with E-state index in [9.17, 15) is 4.79 Å². The van der Waals surface area contributed by atoms with Gasteiger partial charge in [-0.2, -0.15) is 0 Å². The molecule has 1 aromatic carbocycles. The van der Waals surface area contributed by atoms with Crippen molar-refractivity contribution >= 4 is 17.5 Å². The van der Waals surface area contributed by atoms with E-state index in [4.69, 9.17) is 11.6 Å². The smallest absolute Gasteiger partial charge is 0.253 e. The van der Waals surface area contributed by atoms with E-state index >= 15 is 0 Å². The number of piperidine rings is 1. The van der Waals surface area contributed by atoms with Crippen molar-refractivity contribution in [2.24, 2.45) is 0 Å². The highest BCUT2D eigenvalue weighted by atomic mass is 35.5. The molecule has 1 aromatic rings. The fraction of sp³-hybridized carbons (Fsp3) is 0.533. The first-order valence-electron chi connectivity index (χ1n) is 6.61. The Balaban J connectivity index is 2.04. The van der Waals surface area contributed by atoms with Gasteiger partial charge in [0.05, 0.1) is 0 Å². The molecule has 3 heteroatoms. The molecule has 0 radical (unpaired) electrons. The van der Waals surface area contributed by atoms with Crippen LogP contribution in [-0.4, -0.2) is 29.3 Å². The fourth-order valence-corrected chi connectivity index (χ4v) is 2.44. The van der Waals surface area contributed by atoms with E-state index in [1.165, 1.54) is 5.56 Å². The van der Waals surface area contributed by atoms with E-state index in [1.54, 1.807) is 0 Å². The van der Waals surface area contributed by atoms with Crippen LogP contribution >= 0.6 is 11.6 Å². The third kappa shape index (κ3) is 3.05. The van der Waals surface area contributed by atoms with Crippen molar-refractivity contribution in [1.82, 2.24) is 4.90 Å². The van der Waals surface area contributed by atoms with Gasteiger partial charge in [0.15, 0.2) is 0 Å². The molecular weight excluding hydrogens is 246 g/mol. The number of alkyl halides is 1. The Bertz CT molecular complexity index is 405. The number of carbonyl (C=O) groups is 1. The van der Waals surface area contributed by atoms with E-state index in [-0.39, 0.29) is 11.3 Å². The molecule has 0 N–H and O–H groups in total. The molecule has 0 spiro atoms. The summed E-state index contributed by atoms with van der Waals surface area (Å²) >= 11 is 6.05. The lowest BCUT2D eigenvalue weighted by Crippen LogP contribution is -2.38. The van der Waals surface area contributed by atoms with Crippen molar-refractivity contribution < 1.29 is 4.79 Å². The van der Waals surface area contributed by atoms with Gasteiger partial charge in [0.1, 0.15) is 0 Å². The number of amides is 1. The molecule has 1 aliphatic rings. The molecule has 2 rings (SSSR count). The first kappa shape index (κ1) is 13.4. The van der Waals surface area contributed by atoms with Gasteiger partial charge in [0.2, 0.25) is 0 Å². The van der Waals surface area contributed by atoms with E-state index < -0.39 is 0 Å². The maximum Gasteiger partial charge on any atom is 0.253 e. The van der Waals surface area contributed by atoms with Crippen LogP contribution in [0.4, 0.5) is 0 Å². The van der Waals surface area contributed by atoms with Crippen LogP contribution in [0.3, 0.4) is 0 Å². The number of rotatable bonds is 2. The summed E-state index contributed by atoms with van der Waals surface area (Å²) in [6, 6.07) is 7.97. The van der Waals surface area contributed by atoms with E-state index in [0.717, 1.165) is 31.5 Å². The Hall–Kier alpha value is -1.02. The normalized spacial score (nSPS) is 17.2. The maximum absolute atomic E-state index is 12.3. The van der Waals surface area contributed by atoms with Gasteiger partial charge >= 0.3 is 0 Å². The molecule has 2 nitrogen and oxygen atoms in total. The number of carbonyl (C=O) groups excluding carboxylic acids is 1. The molecule has 0 saturated carbocycles. The van der Waals surface area contributed by atoms with Crippen molar-refractivity contribution in [3.05, 3.63) is 35.4 Å². The summed E-state index contributed by atoms with van der Waals surface area (Å²) in [5.74, 6) is 0.634. The Morgan fingerprint density at radius 3 is 2.28 bits per heavy atom. The van der Waals surface area contributed by atoms with Crippen LogP contribution in [0.15, 0.2) is 24.3 Å². The summed E-state index contributed by atoms with van der Waals surface area (Å²) in [5.41, 5.74) is 2.05. The van der Waals surface area contributed by atoms with Crippen LogP contribution < -0.4 is 0 Å². The molecule has 1 amide bonds. The molecule has 1 heterocycles. The second kappa shape index (κ2) is 5.75. The maximum atomic E-state index is 12.3. The number of nitrogens with zero attached hydrogens (tertiary/aromatic N) is 1. The lowest BCUT2D eigenvalue weighted by molar-refractivity contribution is 0.0726. The van der Waals surface area contributed by atoms with Crippen molar-refractivity contribution in [3.63, 3.8) is 0 Å². The van der Waals surface area contributed by atoms with Crippen LogP contribution in [0, 0.1) is 0 Å². The van der Waals surface area contributed by atoms with Crippen molar-refractivity contribution in [3.8, 4) is 0 Å². The zero-order chi connectivity index (χ0) is 13.1. The molecule has 0 unspecified atom stereocenters. The molecule has 0 aromatic heterocycles. The minimum atomic E-state index is 0.133. The zero-order valence-electron chi connectivity index (χ0n) is 11.0. The second-order valence-electron chi connectivity index (χ2n) is 5.24. The summed E-state index contributed by atoms with van der Waals surface area (Å²) in [6.07, 6.45) is 1.80. The lowest BCUT2D eigenvalue weighted by Gasteiger charge is -2.29. The highest BCUT2D eigenvalue weighted by molar-refractivity contribution is 6.20. The van der Waals surface area contributed by atoms with E-state index in [0.29, 0.717) is 5.92 Å². The van der Waals surface area contributed by atoms with Gasteiger partial charge in [-0.3, -0.25) is 4.79 Å². The highest BCUT2D eigenvalue weighted by Gasteiger charge is 2.22. The van der Waals surface area contributed by atoms with Gasteiger partial charge in [0.25, 0.3) is 5.91 Å². The molecule has 0 aliphatic carbocycles. The van der Waals surface area contributed by atoms with Gasteiger partial charge in [0, 0.05) is 24.0 Å². The average Bonchev–Trinajstić information content (AvgIpc) is 2.39. The van der Waals surface area contributed by atoms with Crippen molar-refractivity contribution in [2.75, 3.05) is 13.1 Å². The van der Waals surface area contributed by atoms with Crippen LogP contribution in [0.5, 0.6) is 0 Å². The van der Waals surface area contributed by atoms with Crippen LogP contribution in [0.2, 0.25) is 0 Å². The first-order valence-corrected chi connectivity index (χ1v) is 7.05. The summed E-state index contributed by atoms with van der Waals surface area (Å²) in [6.45, 7) is 5.86. The Morgan fingerprint density at radius 1 is 1.22 bits per heavy atom. The zero-order valence-corrected chi connectivity index (χ0v) is 11.8. The van der Waals surface area contributed by atoms with Gasteiger partial charge < -0.3 is 4.90 Å². The summed E-state index contributed by atoms with van der Waals surface area (Å²) in [7, 11) is 0. The van der Waals surface area contributed by atoms with Crippen LogP contribution in [0.25, 0.3) is 0 Å². The first-order chi connectivity index (χ1) is 8.58. The molecular formula is C15H20ClNO. The molecule has 1 aliphatic heterocycles. The molecule has 1 saturated heterocycles. The Morgan fingerprint density at radius 2 is 1.78 bits per heavy atom. The quantitative estimate of drug-likeness (QED) is 0.748. The Labute approximate surface area is 114 Å². The summed E-state index contributed by atoms with van der Waals surface area (Å²) < 4.78 is 0. The number of benzene rings is 1. The SMILES string of the molecule is CC(C)c1ccc(C(=O)N2CCC(Cl)CC2)cc1. The number of hydrogen-bond acceptors (Lipinski definition) is 1. The van der Waals surface area contributed by atoms with Crippen molar-refractivity contribution in [1.29, 1.82) is 0 Å². The predicted octanol–water partition coefficient (Wildman–Crippen LogP) is 3.65. The monoisotopic (exact) mass is 265 g/mol. The third-order valence-electron chi connectivity index (χ3n) is 3.54. The minimum absolute atomic E-state index is 0.133. The largest absolute Gasteiger partial charge is 0.339 e. The second-order valence-corrected chi connectivity index (χ2v) is 5.86. The summed E-state index contributed by atoms with van der Waals surface area (Å²) in [5, 5.41) is 0.234. The molecule has 98 valence electrons. The van der Waals surface area contributed by atoms with Gasteiger partial charge in [-0.05, 0) is 36.5 Å². The topological polar surface area (TPSA) is 20.3 Å². The van der Waals surface area contributed by atoms with Crippen LogP contribution in [-0.2, 0) is 0 Å². The van der Waals surface area contributed by atoms with Crippen molar-refractivity contribution in [2.45, 2.75) is 38.0 Å². The number of hydrogen-bond donors (Lipinski definition) is 0. The number of likely N-dealkylation sites (tertiary alicyclic amines) is 1. The molecule has 0 atom stereocenters. The van der Waals surface area contributed by atoms with Gasteiger partial charge in [-0.1, -0.05) is 26.0 Å².